The van der Waals surface area contributed by atoms with E-state index < -0.39 is 6.04 Å². The van der Waals surface area contributed by atoms with Crippen molar-refractivity contribution in [2.45, 2.75) is 38.1 Å². The van der Waals surface area contributed by atoms with Gasteiger partial charge in [-0.2, -0.15) is 0 Å². The summed E-state index contributed by atoms with van der Waals surface area (Å²) >= 11 is 13.7. The van der Waals surface area contributed by atoms with Crippen molar-refractivity contribution in [3.05, 3.63) is 49.6 Å². The summed E-state index contributed by atoms with van der Waals surface area (Å²) in [6.07, 6.45) is 4.75. The second-order valence-electron chi connectivity index (χ2n) is 6.68. The van der Waals surface area contributed by atoms with E-state index in [1.807, 2.05) is 6.07 Å². The van der Waals surface area contributed by atoms with E-state index in [2.05, 4.69) is 5.32 Å². The number of thiophene rings is 1. The molecule has 1 aliphatic heterocycles. The number of benzene rings is 1. The molecule has 2 aliphatic rings. The zero-order valence-corrected chi connectivity index (χ0v) is 16.4. The van der Waals surface area contributed by atoms with Crippen LogP contribution in [0, 0.1) is 0 Å². The van der Waals surface area contributed by atoms with Gasteiger partial charge in [0.1, 0.15) is 6.04 Å². The Hall–Kier alpha value is -1.56. The van der Waals surface area contributed by atoms with Crippen LogP contribution in [0.4, 0.5) is 5.69 Å². The Morgan fingerprint density at radius 1 is 1.15 bits per heavy atom. The maximum absolute atomic E-state index is 13.0. The summed E-state index contributed by atoms with van der Waals surface area (Å²) in [4.78, 5) is 29.5. The number of aryl methyl sites for hydroxylation is 2. The first-order valence-electron chi connectivity index (χ1n) is 8.71. The van der Waals surface area contributed by atoms with Gasteiger partial charge in [-0.05, 0) is 61.9 Å². The average Bonchev–Trinajstić information content (AvgIpc) is 3.32. The number of nitrogens with zero attached hydrogens (tertiary/aromatic N) is 1. The van der Waals surface area contributed by atoms with Crippen molar-refractivity contribution in [2.24, 2.45) is 0 Å². The zero-order valence-electron chi connectivity index (χ0n) is 14.1. The molecule has 1 N–H and O–H groups in total. The zero-order chi connectivity index (χ0) is 18.3. The van der Waals surface area contributed by atoms with E-state index in [1.165, 1.54) is 16.9 Å². The fourth-order valence-corrected chi connectivity index (χ4v) is 5.21. The lowest BCUT2D eigenvalue weighted by molar-refractivity contribution is -0.119. The second kappa shape index (κ2) is 7.22. The van der Waals surface area contributed by atoms with Crippen LogP contribution < -0.4 is 5.32 Å². The van der Waals surface area contributed by atoms with Gasteiger partial charge in [0.2, 0.25) is 5.91 Å². The first kappa shape index (κ1) is 17.8. The summed E-state index contributed by atoms with van der Waals surface area (Å²) in [7, 11) is 0. The number of hydrogen-bond donors (Lipinski definition) is 1. The van der Waals surface area contributed by atoms with Crippen LogP contribution in [0.5, 0.6) is 0 Å². The normalized spacial score (nSPS) is 18.8. The highest BCUT2D eigenvalue weighted by molar-refractivity contribution is 7.14. The quantitative estimate of drug-likeness (QED) is 0.793. The predicted molar refractivity (Wildman–Crippen MR) is 105 cm³/mol. The van der Waals surface area contributed by atoms with Gasteiger partial charge in [-0.3, -0.25) is 9.59 Å². The molecule has 0 saturated carbocycles. The molecule has 1 unspecified atom stereocenters. The third kappa shape index (κ3) is 3.36. The molecule has 1 aromatic carbocycles. The molecule has 4 nitrogen and oxygen atoms in total. The standard InChI is InChI=1S/C19H18Cl2N2O2S/c20-12-6-7-13(21)14(10-12)22-18(24)15-4-2-8-23(15)19(25)17-9-11-3-1-5-16(11)26-17/h6-7,9-10,15H,1-5,8H2,(H,22,24). The van der Waals surface area contributed by atoms with E-state index >= 15 is 0 Å². The maximum Gasteiger partial charge on any atom is 0.264 e. The molecule has 0 bridgehead atoms. The third-order valence-corrected chi connectivity index (χ3v) is 6.75. The Kier molecular flexibility index (Phi) is 4.95. The Labute approximate surface area is 166 Å². The van der Waals surface area contributed by atoms with E-state index in [4.69, 9.17) is 23.2 Å². The highest BCUT2D eigenvalue weighted by Gasteiger charge is 2.35. The Morgan fingerprint density at radius 2 is 2.00 bits per heavy atom. The summed E-state index contributed by atoms with van der Waals surface area (Å²) in [6, 6.07) is 6.46. The predicted octanol–water partition coefficient (Wildman–Crippen LogP) is 4.79. The average molecular weight is 409 g/mol. The van der Waals surface area contributed by atoms with Crippen LogP contribution in [0.1, 0.15) is 39.4 Å². The molecule has 0 radical (unpaired) electrons. The minimum atomic E-state index is -0.477. The largest absolute Gasteiger partial charge is 0.326 e. The summed E-state index contributed by atoms with van der Waals surface area (Å²) in [5, 5.41) is 3.74. The number of anilines is 1. The number of halogens is 2. The first-order chi connectivity index (χ1) is 12.5. The smallest absolute Gasteiger partial charge is 0.264 e. The Bertz CT molecular complexity index is 859. The van der Waals surface area contributed by atoms with Crippen LogP contribution in [0.3, 0.4) is 0 Å². The monoisotopic (exact) mass is 408 g/mol. The molecule has 0 spiro atoms. The number of amides is 2. The maximum atomic E-state index is 13.0. The van der Waals surface area contributed by atoms with Gasteiger partial charge < -0.3 is 10.2 Å². The molecule has 1 aliphatic carbocycles. The minimum absolute atomic E-state index is 0.0424. The van der Waals surface area contributed by atoms with Crippen molar-refractivity contribution in [1.29, 1.82) is 0 Å². The fourth-order valence-electron chi connectivity index (χ4n) is 3.67. The van der Waals surface area contributed by atoms with E-state index in [0.717, 1.165) is 24.1 Å². The molecule has 2 heterocycles. The summed E-state index contributed by atoms with van der Waals surface area (Å²) in [5.74, 6) is -0.261. The molecule has 1 fully saturated rings. The molecule has 1 atom stereocenters. The van der Waals surface area contributed by atoms with Gasteiger partial charge in [0, 0.05) is 16.4 Å². The van der Waals surface area contributed by atoms with Crippen molar-refractivity contribution < 1.29 is 9.59 Å². The SMILES string of the molecule is O=C(Nc1cc(Cl)ccc1Cl)C1CCCN1C(=O)c1cc2c(s1)CCC2. The van der Waals surface area contributed by atoms with Gasteiger partial charge in [0.05, 0.1) is 15.6 Å². The number of rotatable bonds is 3. The van der Waals surface area contributed by atoms with Crippen molar-refractivity contribution >= 4 is 52.0 Å². The molecular weight excluding hydrogens is 391 g/mol. The number of likely N-dealkylation sites (tertiary alicyclic amines) is 1. The van der Waals surface area contributed by atoms with Gasteiger partial charge >= 0.3 is 0 Å². The Balaban J connectivity index is 1.51. The van der Waals surface area contributed by atoms with E-state index in [-0.39, 0.29) is 11.8 Å². The molecule has 1 saturated heterocycles. The molecule has 2 aromatic rings. The molecular formula is C19H18Cl2N2O2S. The van der Waals surface area contributed by atoms with Crippen LogP contribution >= 0.6 is 34.5 Å². The van der Waals surface area contributed by atoms with E-state index in [9.17, 15) is 9.59 Å². The van der Waals surface area contributed by atoms with Crippen LogP contribution in [0.25, 0.3) is 0 Å². The number of carbonyl (C=O) groups excluding carboxylic acids is 2. The van der Waals surface area contributed by atoms with E-state index in [1.54, 1.807) is 34.4 Å². The van der Waals surface area contributed by atoms with E-state index in [0.29, 0.717) is 28.7 Å². The van der Waals surface area contributed by atoms with Gasteiger partial charge in [-0.25, -0.2) is 0 Å². The Morgan fingerprint density at radius 3 is 2.81 bits per heavy atom. The highest BCUT2D eigenvalue weighted by atomic mass is 35.5. The van der Waals surface area contributed by atoms with Crippen molar-refractivity contribution in [3.63, 3.8) is 0 Å². The van der Waals surface area contributed by atoms with Crippen LogP contribution in [-0.2, 0) is 17.6 Å². The number of fused-ring (bicyclic) bond motifs is 1. The lowest BCUT2D eigenvalue weighted by Crippen LogP contribution is -2.43. The fraction of sp³-hybridized carbons (Fsp3) is 0.368. The topological polar surface area (TPSA) is 49.4 Å². The van der Waals surface area contributed by atoms with Gasteiger partial charge in [-0.15, -0.1) is 11.3 Å². The molecule has 1 aromatic heterocycles. The van der Waals surface area contributed by atoms with Crippen LogP contribution in [0.15, 0.2) is 24.3 Å². The highest BCUT2D eigenvalue weighted by Crippen LogP contribution is 2.33. The number of carbonyl (C=O) groups is 2. The molecule has 7 heteroatoms. The van der Waals surface area contributed by atoms with Crippen molar-refractivity contribution in [1.82, 2.24) is 4.90 Å². The number of hydrogen-bond acceptors (Lipinski definition) is 3. The first-order valence-corrected chi connectivity index (χ1v) is 10.3. The van der Waals surface area contributed by atoms with Crippen LogP contribution in [0.2, 0.25) is 10.0 Å². The molecule has 26 heavy (non-hydrogen) atoms. The van der Waals surface area contributed by atoms with Crippen LogP contribution in [-0.4, -0.2) is 29.3 Å². The van der Waals surface area contributed by atoms with Crippen molar-refractivity contribution in [3.8, 4) is 0 Å². The summed E-state index contributed by atoms with van der Waals surface area (Å²) in [6.45, 7) is 0.600. The lowest BCUT2D eigenvalue weighted by atomic mass is 10.2. The minimum Gasteiger partial charge on any atom is -0.326 e. The second-order valence-corrected chi connectivity index (χ2v) is 8.66. The lowest BCUT2D eigenvalue weighted by Gasteiger charge is -2.23. The third-order valence-electron chi connectivity index (χ3n) is 4.96. The summed E-state index contributed by atoms with van der Waals surface area (Å²) < 4.78 is 0. The van der Waals surface area contributed by atoms with Gasteiger partial charge in [-0.1, -0.05) is 23.2 Å². The molecule has 136 valence electrons. The van der Waals surface area contributed by atoms with Gasteiger partial charge in [0.15, 0.2) is 0 Å². The molecule has 4 rings (SSSR count). The summed E-state index contributed by atoms with van der Waals surface area (Å²) in [5.41, 5.74) is 1.77. The van der Waals surface area contributed by atoms with Gasteiger partial charge in [0.25, 0.3) is 5.91 Å². The number of nitrogens with one attached hydrogen (secondary N) is 1. The van der Waals surface area contributed by atoms with Crippen molar-refractivity contribution in [2.75, 3.05) is 11.9 Å². The molecule has 2 amide bonds.